The third-order valence-corrected chi connectivity index (χ3v) is 4.19. The van der Waals surface area contributed by atoms with Gasteiger partial charge in [0.25, 0.3) is 0 Å². The van der Waals surface area contributed by atoms with E-state index in [4.69, 9.17) is 10.5 Å². The van der Waals surface area contributed by atoms with Crippen LogP contribution in [0.1, 0.15) is 29.5 Å². The third-order valence-electron chi connectivity index (χ3n) is 4.19. The van der Waals surface area contributed by atoms with Crippen LogP contribution in [0.2, 0.25) is 0 Å². The van der Waals surface area contributed by atoms with Gasteiger partial charge in [0.15, 0.2) is 0 Å². The molecule has 2 rings (SSSR count). The summed E-state index contributed by atoms with van der Waals surface area (Å²) < 4.78 is 5.22. The van der Waals surface area contributed by atoms with E-state index in [9.17, 15) is 9.59 Å². The molecule has 0 atom stereocenters. The molecule has 1 aromatic carbocycles. The average molecular weight is 319 g/mol. The molecule has 0 saturated carbocycles. The van der Waals surface area contributed by atoms with Crippen molar-refractivity contribution in [2.45, 2.75) is 39.2 Å². The summed E-state index contributed by atoms with van der Waals surface area (Å²) in [6.07, 6.45) is 0.938. The lowest BCUT2D eigenvalue weighted by atomic mass is 9.90. The second kappa shape index (κ2) is 7.10. The van der Waals surface area contributed by atoms with E-state index in [1.165, 1.54) is 0 Å². The molecule has 0 unspecified atom stereocenters. The maximum atomic E-state index is 12.2. The van der Waals surface area contributed by atoms with Crippen LogP contribution in [0.5, 0.6) is 0 Å². The zero-order chi connectivity index (χ0) is 17.0. The monoisotopic (exact) mass is 319 g/mol. The van der Waals surface area contributed by atoms with Gasteiger partial charge in [-0.25, -0.2) is 0 Å². The summed E-state index contributed by atoms with van der Waals surface area (Å²) in [6.45, 7) is 6.76. The lowest BCUT2D eigenvalue weighted by Crippen LogP contribution is -2.57. The van der Waals surface area contributed by atoms with Gasteiger partial charge in [0.05, 0.1) is 12.1 Å². The molecule has 126 valence electrons. The number of nitrogens with one attached hydrogen (secondary N) is 2. The summed E-state index contributed by atoms with van der Waals surface area (Å²) in [5.74, 6) is -0.558. The van der Waals surface area contributed by atoms with Crippen molar-refractivity contribution in [3.63, 3.8) is 0 Å². The normalized spacial score (nSPS) is 16.7. The van der Waals surface area contributed by atoms with E-state index in [1.807, 2.05) is 32.9 Å². The Morgan fingerprint density at radius 2 is 1.74 bits per heavy atom. The second-order valence-electron chi connectivity index (χ2n) is 6.27. The zero-order valence-corrected chi connectivity index (χ0v) is 14.0. The van der Waals surface area contributed by atoms with Crippen LogP contribution < -0.4 is 16.4 Å². The summed E-state index contributed by atoms with van der Waals surface area (Å²) in [5.41, 5.74) is 9.09. The van der Waals surface area contributed by atoms with Crippen LogP contribution in [0.4, 0.5) is 5.69 Å². The first kappa shape index (κ1) is 17.4. The molecule has 2 amide bonds. The smallest absolute Gasteiger partial charge is 0.243 e. The fourth-order valence-corrected chi connectivity index (χ4v) is 2.86. The van der Waals surface area contributed by atoms with Gasteiger partial charge in [-0.05, 0) is 44.7 Å². The number of benzene rings is 1. The lowest BCUT2D eigenvalue weighted by Gasteiger charge is -2.31. The van der Waals surface area contributed by atoms with Gasteiger partial charge in [-0.2, -0.15) is 0 Å². The van der Waals surface area contributed by atoms with Gasteiger partial charge in [0, 0.05) is 18.9 Å². The van der Waals surface area contributed by atoms with Crippen molar-refractivity contribution in [3.8, 4) is 0 Å². The number of carbonyl (C=O) groups is 2. The molecule has 1 heterocycles. The Hall–Kier alpha value is -1.92. The minimum absolute atomic E-state index is 0.0919. The number of ether oxygens (including phenoxy) is 1. The summed E-state index contributed by atoms with van der Waals surface area (Å²) in [7, 11) is 0. The van der Waals surface area contributed by atoms with Gasteiger partial charge < -0.3 is 21.1 Å². The van der Waals surface area contributed by atoms with E-state index >= 15 is 0 Å². The first-order valence-corrected chi connectivity index (χ1v) is 7.84. The summed E-state index contributed by atoms with van der Waals surface area (Å²) >= 11 is 0. The van der Waals surface area contributed by atoms with E-state index in [1.54, 1.807) is 0 Å². The van der Waals surface area contributed by atoms with Crippen LogP contribution in [-0.4, -0.2) is 37.1 Å². The highest BCUT2D eigenvalue weighted by atomic mass is 16.5. The highest BCUT2D eigenvalue weighted by molar-refractivity contribution is 5.97. The van der Waals surface area contributed by atoms with Crippen LogP contribution in [0, 0.1) is 20.8 Å². The predicted octanol–water partition coefficient (Wildman–Crippen LogP) is 1.17. The second-order valence-corrected chi connectivity index (χ2v) is 6.27. The average Bonchev–Trinajstić information content (AvgIpc) is 2.49. The van der Waals surface area contributed by atoms with Crippen LogP contribution in [0.25, 0.3) is 0 Å². The van der Waals surface area contributed by atoms with E-state index in [0.717, 1.165) is 22.4 Å². The first-order chi connectivity index (χ1) is 10.8. The summed E-state index contributed by atoms with van der Waals surface area (Å²) in [6, 6.07) is 4.02. The Morgan fingerprint density at radius 3 is 2.30 bits per heavy atom. The Kier molecular flexibility index (Phi) is 5.38. The van der Waals surface area contributed by atoms with Gasteiger partial charge >= 0.3 is 0 Å². The highest BCUT2D eigenvalue weighted by Gasteiger charge is 2.35. The number of aryl methyl sites for hydroxylation is 3. The van der Waals surface area contributed by atoms with E-state index in [-0.39, 0.29) is 18.4 Å². The van der Waals surface area contributed by atoms with Crippen LogP contribution in [0.3, 0.4) is 0 Å². The fraction of sp³-hybridized carbons (Fsp3) is 0.529. The maximum absolute atomic E-state index is 12.2. The molecule has 6 heteroatoms. The molecule has 1 aliphatic heterocycles. The van der Waals surface area contributed by atoms with Crippen molar-refractivity contribution in [1.29, 1.82) is 0 Å². The molecular weight excluding hydrogens is 294 g/mol. The van der Waals surface area contributed by atoms with E-state index in [0.29, 0.717) is 26.1 Å². The largest absolute Gasteiger partial charge is 0.381 e. The number of carbonyl (C=O) groups excluding carboxylic acids is 2. The van der Waals surface area contributed by atoms with E-state index < -0.39 is 5.54 Å². The minimum Gasteiger partial charge on any atom is -0.381 e. The molecule has 0 spiro atoms. The standard InChI is InChI=1S/C17H25N3O3/c1-11-8-12(2)15(13(3)9-11)20-14(21)10-19-16(22)17(18)4-6-23-7-5-17/h8-9H,4-7,10,18H2,1-3H3,(H,19,22)(H,20,21). The number of anilines is 1. The van der Waals surface area contributed by atoms with Gasteiger partial charge in [-0.1, -0.05) is 17.7 Å². The Balaban J connectivity index is 1.92. The topological polar surface area (TPSA) is 93.5 Å². The zero-order valence-electron chi connectivity index (χ0n) is 14.0. The molecule has 1 saturated heterocycles. The first-order valence-electron chi connectivity index (χ1n) is 7.84. The maximum Gasteiger partial charge on any atom is 0.243 e. The molecule has 1 aliphatic rings. The molecule has 0 bridgehead atoms. The van der Waals surface area contributed by atoms with Crippen molar-refractivity contribution < 1.29 is 14.3 Å². The molecule has 1 fully saturated rings. The van der Waals surface area contributed by atoms with Gasteiger partial charge in [0.1, 0.15) is 0 Å². The van der Waals surface area contributed by atoms with Crippen molar-refractivity contribution >= 4 is 17.5 Å². The molecular formula is C17H25N3O3. The number of amides is 2. The highest BCUT2D eigenvalue weighted by Crippen LogP contribution is 2.22. The predicted molar refractivity (Wildman–Crippen MR) is 89.3 cm³/mol. The Bertz CT molecular complexity index is 584. The molecule has 6 nitrogen and oxygen atoms in total. The van der Waals surface area contributed by atoms with Crippen molar-refractivity contribution in [2.24, 2.45) is 5.73 Å². The van der Waals surface area contributed by atoms with Crippen LogP contribution in [-0.2, 0) is 14.3 Å². The number of rotatable bonds is 4. The minimum atomic E-state index is -0.936. The number of hydrogen-bond acceptors (Lipinski definition) is 4. The Labute approximate surface area is 136 Å². The van der Waals surface area contributed by atoms with Crippen molar-refractivity contribution in [3.05, 3.63) is 28.8 Å². The van der Waals surface area contributed by atoms with Crippen molar-refractivity contribution in [1.82, 2.24) is 5.32 Å². The third kappa shape index (κ3) is 4.30. The number of hydrogen-bond donors (Lipinski definition) is 3. The van der Waals surface area contributed by atoms with Crippen molar-refractivity contribution in [2.75, 3.05) is 25.1 Å². The summed E-state index contributed by atoms with van der Waals surface area (Å²) in [5, 5.41) is 5.49. The fourth-order valence-electron chi connectivity index (χ4n) is 2.86. The molecule has 4 N–H and O–H groups in total. The SMILES string of the molecule is Cc1cc(C)c(NC(=O)CNC(=O)C2(N)CCOCC2)c(C)c1. The number of nitrogens with two attached hydrogens (primary N) is 1. The molecule has 0 aromatic heterocycles. The Morgan fingerprint density at radius 1 is 1.17 bits per heavy atom. The van der Waals surface area contributed by atoms with Gasteiger partial charge in [0.2, 0.25) is 11.8 Å². The van der Waals surface area contributed by atoms with Crippen LogP contribution in [0.15, 0.2) is 12.1 Å². The quantitative estimate of drug-likeness (QED) is 0.777. The molecule has 1 aromatic rings. The summed E-state index contributed by atoms with van der Waals surface area (Å²) in [4.78, 5) is 24.3. The van der Waals surface area contributed by atoms with Gasteiger partial charge in [-0.3, -0.25) is 9.59 Å². The molecule has 0 aliphatic carbocycles. The molecule has 0 radical (unpaired) electrons. The van der Waals surface area contributed by atoms with E-state index in [2.05, 4.69) is 10.6 Å². The van der Waals surface area contributed by atoms with Gasteiger partial charge in [-0.15, -0.1) is 0 Å². The molecule has 23 heavy (non-hydrogen) atoms. The lowest BCUT2D eigenvalue weighted by molar-refractivity contribution is -0.131. The van der Waals surface area contributed by atoms with Crippen LogP contribution >= 0.6 is 0 Å².